The molecular formula is C16H22BrN3O. The Labute approximate surface area is 134 Å². The number of halogens is 1. The summed E-state index contributed by atoms with van der Waals surface area (Å²) < 4.78 is 2.81. The van der Waals surface area contributed by atoms with Gasteiger partial charge in [0.25, 0.3) is 0 Å². The molecule has 2 heterocycles. The van der Waals surface area contributed by atoms with Gasteiger partial charge >= 0.3 is 0 Å². The molecule has 5 heteroatoms. The van der Waals surface area contributed by atoms with E-state index < -0.39 is 0 Å². The van der Waals surface area contributed by atoms with Crippen molar-refractivity contribution in [3.8, 4) is 5.82 Å². The Morgan fingerprint density at radius 1 is 1.29 bits per heavy atom. The van der Waals surface area contributed by atoms with Gasteiger partial charge in [-0.1, -0.05) is 13.8 Å². The van der Waals surface area contributed by atoms with Gasteiger partial charge in [-0.05, 0) is 59.3 Å². The minimum atomic E-state index is 0.212. The minimum absolute atomic E-state index is 0.212. The molecule has 0 unspecified atom stereocenters. The highest BCUT2D eigenvalue weighted by Gasteiger charge is 2.17. The summed E-state index contributed by atoms with van der Waals surface area (Å²) in [5.74, 6) is 1.29. The van der Waals surface area contributed by atoms with E-state index in [1.807, 2.05) is 16.8 Å². The molecule has 114 valence electrons. The second kappa shape index (κ2) is 7.71. The minimum Gasteiger partial charge on any atom is -0.396 e. The van der Waals surface area contributed by atoms with Crippen molar-refractivity contribution in [2.24, 2.45) is 0 Å². The summed E-state index contributed by atoms with van der Waals surface area (Å²) in [6, 6.07) is 3.91. The number of aliphatic hydroxyl groups excluding tert-OH is 1. The smallest absolute Gasteiger partial charge is 0.153 e. The zero-order valence-electron chi connectivity index (χ0n) is 12.6. The average Bonchev–Trinajstić information content (AvgIpc) is 2.91. The van der Waals surface area contributed by atoms with Gasteiger partial charge in [-0.15, -0.1) is 0 Å². The largest absolute Gasteiger partial charge is 0.396 e. The lowest BCUT2D eigenvalue weighted by Crippen LogP contribution is -2.03. The summed E-state index contributed by atoms with van der Waals surface area (Å²) in [6.45, 7) is 4.60. The van der Waals surface area contributed by atoms with Gasteiger partial charge in [-0.3, -0.25) is 0 Å². The summed E-state index contributed by atoms with van der Waals surface area (Å²) in [6.07, 6.45) is 7.62. The summed E-state index contributed by atoms with van der Waals surface area (Å²) in [7, 11) is 0. The quantitative estimate of drug-likeness (QED) is 0.823. The molecule has 0 saturated carbocycles. The Bertz CT molecular complexity index is 561. The molecule has 0 aromatic carbocycles. The van der Waals surface area contributed by atoms with Gasteiger partial charge in [0.15, 0.2) is 5.82 Å². The van der Waals surface area contributed by atoms with Crippen LogP contribution in [0.5, 0.6) is 0 Å². The third kappa shape index (κ3) is 3.92. The Morgan fingerprint density at radius 3 is 2.62 bits per heavy atom. The van der Waals surface area contributed by atoms with Crippen LogP contribution < -0.4 is 0 Å². The van der Waals surface area contributed by atoms with Crippen molar-refractivity contribution in [3.63, 3.8) is 0 Å². The zero-order chi connectivity index (χ0) is 15.2. The van der Waals surface area contributed by atoms with Crippen LogP contribution in [-0.2, 0) is 6.42 Å². The Morgan fingerprint density at radius 2 is 2.05 bits per heavy atom. The highest BCUT2D eigenvalue weighted by atomic mass is 79.9. The maximum Gasteiger partial charge on any atom is 0.153 e. The van der Waals surface area contributed by atoms with Crippen LogP contribution in [0.4, 0.5) is 0 Å². The molecule has 0 radical (unpaired) electrons. The molecule has 0 aliphatic heterocycles. The number of hydrogen-bond acceptors (Lipinski definition) is 3. The number of hydrogen-bond donors (Lipinski definition) is 1. The van der Waals surface area contributed by atoms with E-state index in [0.717, 1.165) is 41.7 Å². The van der Waals surface area contributed by atoms with Crippen molar-refractivity contribution in [3.05, 3.63) is 40.3 Å². The number of aryl methyl sites for hydroxylation is 1. The third-order valence-corrected chi connectivity index (χ3v) is 4.21. The molecule has 0 bridgehead atoms. The Hall–Kier alpha value is -1.20. The summed E-state index contributed by atoms with van der Waals surface area (Å²) >= 11 is 3.40. The van der Waals surface area contributed by atoms with Crippen LogP contribution in [0.15, 0.2) is 29.0 Å². The zero-order valence-corrected chi connectivity index (χ0v) is 14.2. The van der Waals surface area contributed by atoms with Crippen LogP contribution in [0.3, 0.4) is 0 Å². The van der Waals surface area contributed by atoms with Gasteiger partial charge < -0.3 is 5.11 Å². The first-order chi connectivity index (χ1) is 10.2. The lowest BCUT2D eigenvalue weighted by atomic mass is 9.95. The SMILES string of the molecule is CCC(CC)c1nn(-c2ccc(Br)cn2)cc1CCCO. The normalized spacial score (nSPS) is 11.3. The van der Waals surface area contributed by atoms with Gasteiger partial charge in [-0.2, -0.15) is 5.10 Å². The lowest BCUT2D eigenvalue weighted by molar-refractivity contribution is 0.288. The van der Waals surface area contributed by atoms with Gasteiger partial charge in [0.1, 0.15) is 0 Å². The maximum absolute atomic E-state index is 9.08. The molecule has 0 spiro atoms. The molecule has 0 aliphatic carbocycles. The van der Waals surface area contributed by atoms with Crippen molar-refractivity contribution in [1.29, 1.82) is 0 Å². The molecule has 0 atom stereocenters. The summed E-state index contributed by atoms with van der Waals surface area (Å²) in [4.78, 5) is 4.40. The second-order valence-electron chi connectivity index (χ2n) is 5.16. The number of pyridine rings is 1. The lowest BCUT2D eigenvalue weighted by Gasteiger charge is -2.11. The Kier molecular flexibility index (Phi) is 5.94. The standard InChI is InChI=1S/C16H22BrN3O/c1-3-12(4-2)16-13(6-5-9-21)11-20(19-16)15-8-7-14(17)10-18-15/h7-8,10-12,21H,3-6,9H2,1-2H3. The molecule has 0 amide bonds. The maximum atomic E-state index is 9.08. The molecule has 21 heavy (non-hydrogen) atoms. The van der Waals surface area contributed by atoms with E-state index in [4.69, 9.17) is 10.2 Å². The van der Waals surface area contributed by atoms with Crippen molar-refractivity contribution in [1.82, 2.24) is 14.8 Å². The molecule has 2 aromatic heterocycles. The van der Waals surface area contributed by atoms with E-state index >= 15 is 0 Å². The van der Waals surface area contributed by atoms with E-state index in [0.29, 0.717) is 5.92 Å². The van der Waals surface area contributed by atoms with Crippen molar-refractivity contribution < 1.29 is 5.11 Å². The second-order valence-corrected chi connectivity index (χ2v) is 6.08. The predicted molar refractivity (Wildman–Crippen MR) is 87.8 cm³/mol. The first kappa shape index (κ1) is 16.2. The van der Waals surface area contributed by atoms with E-state index in [2.05, 4.69) is 41.0 Å². The molecule has 0 saturated heterocycles. The van der Waals surface area contributed by atoms with Gasteiger partial charge in [-0.25, -0.2) is 9.67 Å². The number of nitrogens with zero attached hydrogens (tertiary/aromatic N) is 3. The first-order valence-electron chi connectivity index (χ1n) is 7.50. The van der Waals surface area contributed by atoms with Crippen LogP contribution in [0, 0.1) is 0 Å². The monoisotopic (exact) mass is 351 g/mol. The van der Waals surface area contributed by atoms with Crippen molar-refractivity contribution >= 4 is 15.9 Å². The van der Waals surface area contributed by atoms with Gasteiger partial charge in [0, 0.05) is 29.4 Å². The summed E-state index contributed by atoms with van der Waals surface area (Å²) in [5, 5.41) is 13.8. The number of aliphatic hydroxyl groups is 1. The number of rotatable bonds is 7. The predicted octanol–water partition coefficient (Wildman–Crippen LogP) is 3.86. The molecule has 2 aromatic rings. The van der Waals surface area contributed by atoms with Crippen LogP contribution in [0.25, 0.3) is 5.82 Å². The highest BCUT2D eigenvalue weighted by molar-refractivity contribution is 9.10. The molecule has 4 nitrogen and oxygen atoms in total. The fourth-order valence-corrected chi connectivity index (χ4v) is 2.76. The third-order valence-electron chi connectivity index (χ3n) is 3.75. The van der Waals surface area contributed by atoms with Crippen molar-refractivity contribution in [2.45, 2.75) is 45.4 Å². The first-order valence-corrected chi connectivity index (χ1v) is 8.30. The van der Waals surface area contributed by atoms with Gasteiger partial charge in [0.2, 0.25) is 0 Å². The average molecular weight is 352 g/mol. The molecule has 0 fully saturated rings. The molecule has 0 aliphatic rings. The van der Waals surface area contributed by atoms with E-state index in [9.17, 15) is 0 Å². The van der Waals surface area contributed by atoms with Gasteiger partial charge in [0.05, 0.1) is 5.69 Å². The summed E-state index contributed by atoms with van der Waals surface area (Å²) in [5.41, 5.74) is 2.38. The van der Waals surface area contributed by atoms with Crippen LogP contribution >= 0.6 is 15.9 Å². The fourth-order valence-electron chi connectivity index (χ4n) is 2.53. The van der Waals surface area contributed by atoms with Crippen LogP contribution in [0.2, 0.25) is 0 Å². The van der Waals surface area contributed by atoms with E-state index in [-0.39, 0.29) is 6.61 Å². The topological polar surface area (TPSA) is 50.9 Å². The molecule has 2 rings (SSSR count). The fraction of sp³-hybridized carbons (Fsp3) is 0.500. The number of aromatic nitrogens is 3. The highest BCUT2D eigenvalue weighted by Crippen LogP contribution is 2.26. The van der Waals surface area contributed by atoms with Crippen LogP contribution in [0.1, 0.15) is 50.3 Å². The van der Waals surface area contributed by atoms with Crippen LogP contribution in [-0.4, -0.2) is 26.5 Å². The Balaban J connectivity index is 2.36. The molecule has 1 N–H and O–H groups in total. The van der Waals surface area contributed by atoms with E-state index in [1.165, 1.54) is 5.56 Å². The molecular weight excluding hydrogens is 330 g/mol. The van der Waals surface area contributed by atoms with Crippen molar-refractivity contribution in [2.75, 3.05) is 6.61 Å². The van der Waals surface area contributed by atoms with E-state index in [1.54, 1.807) is 6.20 Å².